The predicted molar refractivity (Wildman–Crippen MR) is 80.7 cm³/mol. The Hall–Kier alpha value is -1.45. The van der Waals surface area contributed by atoms with Crippen LogP contribution < -0.4 is 10.5 Å². The second kappa shape index (κ2) is 6.12. The van der Waals surface area contributed by atoms with Crippen LogP contribution in [0.4, 0.5) is 10.1 Å². The Labute approximate surface area is 130 Å². The fourth-order valence-corrected chi connectivity index (χ4v) is 3.78. The van der Waals surface area contributed by atoms with Gasteiger partial charge in [-0.1, -0.05) is 0 Å². The number of rotatable bonds is 5. The van der Waals surface area contributed by atoms with Crippen LogP contribution in [0.2, 0.25) is 0 Å². The summed E-state index contributed by atoms with van der Waals surface area (Å²) in [4.78, 5) is -0.0990. The van der Waals surface area contributed by atoms with Crippen molar-refractivity contribution in [3.05, 3.63) is 40.4 Å². The molecule has 0 aliphatic heterocycles. The van der Waals surface area contributed by atoms with E-state index in [0.29, 0.717) is 6.54 Å². The lowest BCUT2D eigenvalue weighted by molar-refractivity contribution is 0.560. The number of benzene rings is 1. The van der Waals surface area contributed by atoms with Crippen molar-refractivity contribution in [1.29, 1.82) is 0 Å². The highest BCUT2D eigenvalue weighted by molar-refractivity contribution is 9.10. The number of aryl methyl sites for hydroxylation is 1. The molecular weight excluding hydrogens is 363 g/mol. The summed E-state index contributed by atoms with van der Waals surface area (Å²) in [6.45, 7) is 2.45. The standard InChI is InChI=1S/C12H14BrFN4O2S/c1-8-6-16-18(7-8)3-2-17-21(19,20)12-5-11(15)10(14)4-9(12)13/h4-7,17H,2-3,15H2,1H3. The normalized spacial score (nSPS) is 11.8. The molecule has 0 aliphatic rings. The third kappa shape index (κ3) is 3.80. The SMILES string of the molecule is Cc1cnn(CCNS(=O)(=O)c2cc(N)c(F)cc2Br)c1. The maximum Gasteiger partial charge on any atom is 0.241 e. The molecule has 2 aromatic rings. The number of sulfonamides is 1. The van der Waals surface area contributed by atoms with E-state index in [2.05, 4.69) is 25.8 Å². The van der Waals surface area contributed by atoms with Crippen LogP contribution in [0, 0.1) is 12.7 Å². The highest BCUT2D eigenvalue weighted by Crippen LogP contribution is 2.26. The highest BCUT2D eigenvalue weighted by atomic mass is 79.9. The number of hydrogen-bond acceptors (Lipinski definition) is 4. The molecule has 0 bridgehead atoms. The van der Waals surface area contributed by atoms with E-state index in [9.17, 15) is 12.8 Å². The minimum absolute atomic E-state index is 0.0990. The van der Waals surface area contributed by atoms with Gasteiger partial charge in [-0.3, -0.25) is 4.68 Å². The van der Waals surface area contributed by atoms with Gasteiger partial charge in [-0.05, 0) is 40.5 Å². The average molecular weight is 377 g/mol. The van der Waals surface area contributed by atoms with Crippen molar-refractivity contribution in [2.45, 2.75) is 18.4 Å². The summed E-state index contributed by atoms with van der Waals surface area (Å²) in [5, 5.41) is 4.05. The summed E-state index contributed by atoms with van der Waals surface area (Å²) in [7, 11) is -3.78. The lowest BCUT2D eigenvalue weighted by atomic mass is 10.3. The molecule has 0 atom stereocenters. The molecule has 9 heteroatoms. The fraction of sp³-hybridized carbons (Fsp3) is 0.250. The Bertz CT molecular complexity index is 761. The summed E-state index contributed by atoms with van der Waals surface area (Å²) < 4.78 is 41.7. The predicted octanol–water partition coefficient (Wildman–Crippen LogP) is 1.65. The van der Waals surface area contributed by atoms with Crippen LogP contribution in [-0.4, -0.2) is 24.7 Å². The maximum atomic E-state index is 13.2. The van der Waals surface area contributed by atoms with Gasteiger partial charge in [0, 0.05) is 17.2 Å². The molecule has 0 fully saturated rings. The Balaban J connectivity index is 2.10. The lowest BCUT2D eigenvalue weighted by Crippen LogP contribution is -2.28. The summed E-state index contributed by atoms with van der Waals surface area (Å²) in [6.07, 6.45) is 3.49. The quantitative estimate of drug-likeness (QED) is 0.776. The minimum Gasteiger partial charge on any atom is -0.396 e. The van der Waals surface area contributed by atoms with Crippen LogP contribution >= 0.6 is 15.9 Å². The van der Waals surface area contributed by atoms with Crippen molar-refractivity contribution in [3.63, 3.8) is 0 Å². The van der Waals surface area contributed by atoms with E-state index < -0.39 is 15.8 Å². The van der Waals surface area contributed by atoms with Crippen molar-refractivity contribution in [3.8, 4) is 0 Å². The zero-order valence-electron chi connectivity index (χ0n) is 11.2. The zero-order valence-corrected chi connectivity index (χ0v) is 13.6. The number of anilines is 1. The third-order valence-electron chi connectivity index (χ3n) is 2.74. The highest BCUT2D eigenvalue weighted by Gasteiger charge is 2.19. The Morgan fingerprint density at radius 2 is 2.19 bits per heavy atom. The van der Waals surface area contributed by atoms with Crippen molar-refractivity contribution in [2.24, 2.45) is 0 Å². The monoisotopic (exact) mass is 376 g/mol. The molecule has 1 aromatic heterocycles. The van der Waals surface area contributed by atoms with Gasteiger partial charge in [0.05, 0.1) is 23.3 Å². The molecule has 1 aromatic carbocycles. The van der Waals surface area contributed by atoms with Crippen molar-refractivity contribution >= 4 is 31.6 Å². The number of nitrogens with one attached hydrogen (secondary N) is 1. The molecule has 6 nitrogen and oxygen atoms in total. The topological polar surface area (TPSA) is 90.0 Å². The van der Waals surface area contributed by atoms with Gasteiger partial charge >= 0.3 is 0 Å². The fourth-order valence-electron chi connectivity index (χ4n) is 1.71. The molecule has 0 amide bonds. The summed E-state index contributed by atoms with van der Waals surface area (Å²) in [5.74, 6) is -0.673. The molecule has 3 N–H and O–H groups in total. The van der Waals surface area contributed by atoms with Crippen LogP contribution in [0.25, 0.3) is 0 Å². The van der Waals surface area contributed by atoms with Gasteiger partial charge in [-0.2, -0.15) is 5.10 Å². The van der Waals surface area contributed by atoms with Gasteiger partial charge in [0.2, 0.25) is 10.0 Å². The van der Waals surface area contributed by atoms with E-state index in [-0.39, 0.29) is 21.6 Å². The first-order chi connectivity index (χ1) is 9.79. The molecule has 0 radical (unpaired) electrons. The molecular formula is C12H14BrFN4O2S. The smallest absolute Gasteiger partial charge is 0.241 e. The van der Waals surface area contributed by atoms with Crippen LogP contribution in [0.15, 0.2) is 33.9 Å². The molecule has 2 rings (SSSR count). The largest absolute Gasteiger partial charge is 0.396 e. The molecule has 114 valence electrons. The van der Waals surface area contributed by atoms with E-state index >= 15 is 0 Å². The minimum atomic E-state index is -3.78. The van der Waals surface area contributed by atoms with E-state index in [0.717, 1.165) is 17.7 Å². The number of nitrogen functional groups attached to an aromatic ring is 1. The van der Waals surface area contributed by atoms with E-state index in [1.165, 1.54) is 0 Å². The maximum absolute atomic E-state index is 13.2. The van der Waals surface area contributed by atoms with Gasteiger partial charge in [-0.25, -0.2) is 17.5 Å². The number of nitrogens with zero attached hydrogens (tertiary/aromatic N) is 2. The number of hydrogen-bond donors (Lipinski definition) is 2. The van der Waals surface area contributed by atoms with Crippen LogP contribution in [0.3, 0.4) is 0 Å². The Kier molecular flexibility index (Phi) is 4.64. The molecule has 0 aliphatic carbocycles. The van der Waals surface area contributed by atoms with E-state index in [4.69, 9.17) is 5.73 Å². The Morgan fingerprint density at radius 1 is 1.48 bits per heavy atom. The van der Waals surface area contributed by atoms with E-state index in [1.54, 1.807) is 17.1 Å². The van der Waals surface area contributed by atoms with E-state index in [1.807, 2.05) is 6.92 Å². The molecule has 0 unspecified atom stereocenters. The average Bonchev–Trinajstić information content (AvgIpc) is 2.79. The Morgan fingerprint density at radius 3 is 2.81 bits per heavy atom. The second-order valence-electron chi connectivity index (χ2n) is 4.48. The van der Waals surface area contributed by atoms with Gasteiger partial charge < -0.3 is 5.73 Å². The molecule has 0 spiro atoms. The zero-order chi connectivity index (χ0) is 15.6. The molecule has 0 saturated carbocycles. The summed E-state index contributed by atoms with van der Waals surface area (Å²) in [6, 6.07) is 2.11. The third-order valence-corrected chi connectivity index (χ3v) is 5.16. The van der Waals surface area contributed by atoms with Crippen LogP contribution in [0.5, 0.6) is 0 Å². The van der Waals surface area contributed by atoms with Crippen LogP contribution in [0.1, 0.15) is 5.56 Å². The molecule has 21 heavy (non-hydrogen) atoms. The molecule has 0 saturated heterocycles. The van der Waals surface area contributed by atoms with Crippen molar-refractivity contribution in [1.82, 2.24) is 14.5 Å². The van der Waals surface area contributed by atoms with Gasteiger partial charge in [-0.15, -0.1) is 0 Å². The summed E-state index contributed by atoms with van der Waals surface area (Å²) >= 11 is 3.02. The lowest BCUT2D eigenvalue weighted by Gasteiger charge is -2.10. The first-order valence-corrected chi connectivity index (χ1v) is 8.30. The van der Waals surface area contributed by atoms with Crippen molar-refractivity contribution < 1.29 is 12.8 Å². The van der Waals surface area contributed by atoms with Crippen molar-refractivity contribution in [2.75, 3.05) is 12.3 Å². The van der Waals surface area contributed by atoms with Crippen LogP contribution in [-0.2, 0) is 16.6 Å². The first kappa shape index (κ1) is 15.9. The van der Waals surface area contributed by atoms with Gasteiger partial charge in [0.15, 0.2) is 0 Å². The first-order valence-electron chi connectivity index (χ1n) is 6.03. The van der Waals surface area contributed by atoms with Gasteiger partial charge in [0.1, 0.15) is 5.82 Å². The number of aromatic nitrogens is 2. The van der Waals surface area contributed by atoms with Gasteiger partial charge in [0.25, 0.3) is 0 Å². The number of halogens is 2. The second-order valence-corrected chi connectivity index (χ2v) is 7.07. The summed E-state index contributed by atoms with van der Waals surface area (Å²) in [5.41, 5.74) is 6.18. The number of nitrogens with two attached hydrogens (primary N) is 1. The molecule has 1 heterocycles.